The normalized spacial score (nSPS) is 14.5. The van der Waals surface area contributed by atoms with E-state index in [4.69, 9.17) is 5.11 Å². The van der Waals surface area contributed by atoms with Crippen LogP contribution in [0.1, 0.15) is 32.4 Å². The number of urea groups is 1. The second-order valence-corrected chi connectivity index (χ2v) is 5.96. The van der Waals surface area contributed by atoms with Gasteiger partial charge in [-0.1, -0.05) is 44.2 Å². The molecule has 0 bridgehead atoms. The lowest BCUT2D eigenvalue weighted by Crippen LogP contribution is -2.59. The van der Waals surface area contributed by atoms with E-state index in [0.717, 1.165) is 6.92 Å². The molecule has 1 aromatic rings. The van der Waals surface area contributed by atoms with Crippen LogP contribution >= 0.6 is 0 Å². The topological polar surface area (TPSA) is 127 Å². The van der Waals surface area contributed by atoms with E-state index in [1.54, 1.807) is 32.0 Å². The van der Waals surface area contributed by atoms with Gasteiger partial charge in [-0.3, -0.25) is 4.90 Å². The van der Waals surface area contributed by atoms with E-state index in [1.165, 1.54) is 12.1 Å². The predicted octanol–water partition coefficient (Wildman–Crippen LogP) is 1.27. The average molecular weight is 338 g/mol. The fourth-order valence-corrected chi connectivity index (χ4v) is 2.07. The zero-order valence-corrected chi connectivity index (χ0v) is 13.8. The number of hydrogen-bond donors (Lipinski definition) is 4. The Kier molecular flexibility index (Phi) is 6.30. The molecule has 0 heterocycles. The van der Waals surface area contributed by atoms with E-state index in [-0.39, 0.29) is 12.5 Å². The standard InChI is InChI=1S/C16H22N2O6/c1-10(2)9-18(16(3,24)14(21)22)15(23)17-12(13(19)20)11-7-5-4-6-8-11/h4-8,10,12,24H,9H2,1-3H3,(H,17,23)(H,19,20)(H,21,22). The fraction of sp³-hybridized carbons (Fsp3) is 0.438. The molecule has 2 amide bonds. The molecule has 24 heavy (non-hydrogen) atoms. The van der Waals surface area contributed by atoms with Crippen LogP contribution in [0.2, 0.25) is 0 Å². The highest BCUT2D eigenvalue weighted by atomic mass is 16.4. The highest BCUT2D eigenvalue weighted by molar-refractivity contribution is 5.87. The molecular weight excluding hydrogens is 316 g/mol. The third-order valence-corrected chi connectivity index (χ3v) is 3.37. The quantitative estimate of drug-likeness (QED) is 0.555. The summed E-state index contributed by atoms with van der Waals surface area (Å²) in [5, 5.41) is 30.9. The summed E-state index contributed by atoms with van der Waals surface area (Å²) in [6.45, 7) is 4.38. The Morgan fingerprint density at radius 2 is 1.71 bits per heavy atom. The molecule has 0 aromatic heterocycles. The molecule has 2 unspecified atom stereocenters. The smallest absolute Gasteiger partial charge is 0.357 e. The van der Waals surface area contributed by atoms with Crippen molar-refractivity contribution in [2.75, 3.05) is 6.54 Å². The Bertz CT molecular complexity index is 600. The summed E-state index contributed by atoms with van der Waals surface area (Å²) >= 11 is 0. The minimum Gasteiger partial charge on any atom is -0.479 e. The van der Waals surface area contributed by atoms with Crippen LogP contribution < -0.4 is 5.32 Å². The number of carboxylic acid groups (broad SMARTS) is 2. The Hall–Kier alpha value is -2.61. The predicted molar refractivity (Wildman–Crippen MR) is 85.2 cm³/mol. The third-order valence-electron chi connectivity index (χ3n) is 3.37. The molecule has 8 heteroatoms. The van der Waals surface area contributed by atoms with Crippen LogP contribution in [-0.2, 0) is 9.59 Å². The van der Waals surface area contributed by atoms with Gasteiger partial charge in [0.1, 0.15) is 0 Å². The number of amides is 2. The van der Waals surface area contributed by atoms with Crippen molar-refractivity contribution >= 4 is 18.0 Å². The van der Waals surface area contributed by atoms with Crippen molar-refractivity contribution in [2.24, 2.45) is 5.92 Å². The van der Waals surface area contributed by atoms with Crippen molar-refractivity contribution in [3.63, 3.8) is 0 Å². The molecular formula is C16H22N2O6. The number of aliphatic hydroxyl groups is 1. The minimum atomic E-state index is -2.46. The van der Waals surface area contributed by atoms with Crippen LogP contribution in [0.5, 0.6) is 0 Å². The van der Waals surface area contributed by atoms with Crippen LogP contribution in [0.4, 0.5) is 4.79 Å². The van der Waals surface area contributed by atoms with Gasteiger partial charge in [-0.05, 0) is 18.4 Å². The first-order chi connectivity index (χ1) is 11.1. The number of carbonyl (C=O) groups excluding carboxylic acids is 1. The van der Waals surface area contributed by atoms with E-state index in [1.807, 2.05) is 0 Å². The molecule has 132 valence electrons. The van der Waals surface area contributed by atoms with Gasteiger partial charge in [-0.15, -0.1) is 0 Å². The lowest BCUT2D eigenvalue weighted by Gasteiger charge is -2.35. The summed E-state index contributed by atoms with van der Waals surface area (Å²) in [6, 6.07) is 5.66. The number of nitrogens with one attached hydrogen (secondary N) is 1. The zero-order valence-electron chi connectivity index (χ0n) is 13.8. The van der Waals surface area contributed by atoms with E-state index in [0.29, 0.717) is 10.5 Å². The van der Waals surface area contributed by atoms with Crippen LogP contribution in [0.3, 0.4) is 0 Å². The molecule has 2 atom stereocenters. The van der Waals surface area contributed by atoms with Crippen LogP contribution in [0.25, 0.3) is 0 Å². The van der Waals surface area contributed by atoms with E-state index in [9.17, 15) is 24.6 Å². The maximum absolute atomic E-state index is 12.4. The van der Waals surface area contributed by atoms with Crippen molar-refractivity contribution in [3.05, 3.63) is 35.9 Å². The lowest BCUT2D eigenvalue weighted by atomic mass is 10.1. The molecule has 0 saturated carbocycles. The maximum atomic E-state index is 12.4. The molecule has 0 saturated heterocycles. The number of aliphatic carboxylic acids is 2. The molecule has 1 aromatic carbocycles. The van der Waals surface area contributed by atoms with Gasteiger partial charge in [-0.25, -0.2) is 14.4 Å². The number of benzene rings is 1. The van der Waals surface area contributed by atoms with Crippen LogP contribution in [0.15, 0.2) is 30.3 Å². The summed E-state index contributed by atoms with van der Waals surface area (Å²) in [5.74, 6) is -3.04. The van der Waals surface area contributed by atoms with Gasteiger partial charge in [0, 0.05) is 6.54 Å². The molecule has 0 aliphatic heterocycles. The molecule has 0 spiro atoms. The van der Waals surface area contributed by atoms with Crippen LogP contribution in [-0.4, -0.2) is 50.5 Å². The Morgan fingerprint density at radius 1 is 1.17 bits per heavy atom. The summed E-state index contributed by atoms with van der Waals surface area (Å²) in [4.78, 5) is 35.9. The van der Waals surface area contributed by atoms with Crippen molar-refractivity contribution in [1.29, 1.82) is 0 Å². The number of rotatable bonds is 7. The fourth-order valence-electron chi connectivity index (χ4n) is 2.07. The molecule has 0 aliphatic rings. The van der Waals surface area contributed by atoms with Gasteiger partial charge in [0.25, 0.3) is 0 Å². The van der Waals surface area contributed by atoms with Gasteiger partial charge < -0.3 is 20.6 Å². The van der Waals surface area contributed by atoms with Gasteiger partial charge in [0.05, 0.1) is 0 Å². The van der Waals surface area contributed by atoms with Gasteiger partial charge in [0.2, 0.25) is 5.72 Å². The lowest BCUT2D eigenvalue weighted by molar-refractivity contribution is -0.173. The first-order valence-electron chi connectivity index (χ1n) is 7.39. The third kappa shape index (κ3) is 4.69. The highest BCUT2D eigenvalue weighted by Gasteiger charge is 2.41. The number of hydrogen-bond acceptors (Lipinski definition) is 4. The van der Waals surface area contributed by atoms with Crippen molar-refractivity contribution in [2.45, 2.75) is 32.5 Å². The van der Waals surface area contributed by atoms with Gasteiger partial charge >= 0.3 is 18.0 Å². The van der Waals surface area contributed by atoms with E-state index in [2.05, 4.69) is 5.32 Å². The number of nitrogens with zero attached hydrogens (tertiary/aromatic N) is 1. The van der Waals surface area contributed by atoms with Crippen LogP contribution in [0, 0.1) is 5.92 Å². The van der Waals surface area contributed by atoms with Crippen molar-refractivity contribution in [1.82, 2.24) is 10.2 Å². The number of carboxylic acids is 2. The highest BCUT2D eigenvalue weighted by Crippen LogP contribution is 2.18. The Balaban J connectivity index is 3.09. The summed E-state index contributed by atoms with van der Waals surface area (Å²) in [5.41, 5.74) is -2.13. The molecule has 0 fully saturated rings. The van der Waals surface area contributed by atoms with E-state index >= 15 is 0 Å². The second kappa shape index (κ2) is 7.78. The zero-order chi connectivity index (χ0) is 18.5. The molecule has 8 nitrogen and oxygen atoms in total. The maximum Gasteiger partial charge on any atom is 0.357 e. The molecule has 4 N–H and O–H groups in total. The number of carbonyl (C=O) groups is 3. The Morgan fingerprint density at radius 3 is 2.12 bits per heavy atom. The minimum absolute atomic E-state index is 0.0632. The van der Waals surface area contributed by atoms with Crippen molar-refractivity contribution < 1.29 is 29.7 Å². The first kappa shape index (κ1) is 19.4. The molecule has 0 aliphatic carbocycles. The largest absolute Gasteiger partial charge is 0.479 e. The van der Waals surface area contributed by atoms with Gasteiger partial charge in [-0.2, -0.15) is 0 Å². The summed E-state index contributed by atoms with van der Waals surface area (Å²) in [6.07, 6.45) is 0. The molecule has 1 rings (SSSR count). The van der Waals surface area contributed by atoms with E-state index < -0.39 is 29.7 Å². The summed E-state index contributed by atoms with van der Waals surface area (Å²) < 4.78 is 0. The summed E-state index contributed by atoms with van der Waals surface area (Å²) in [7, 11) is 0. The average Bonchev–Trinajstić information content (AvgIpc) is 2.50. The van der Waals surface area contributed by atoms with Gasteiger partial charge in [0.15, 0.2) is 6.04 Å². The van der Waals surface area contributed by atoms with Crippen molar-refractivity contribution in [3.8, 4) is 0 Å². The second-order valence-electron chi connectivity index (χ2n) is 5.96. The first-order valence-corrected chi connectivity index (χ1v) is 7.39. The Labute approximate surface area is 139 Å². The monoisotopic (exact) mass is 338 g/mol. The molecule has 0 radical (unpaired) electrons. The SMILES string of the molecule is CC(C)CN(C(=O)NC(C(=O)O)c1ccccc1)C(C)(O)C(=O)O.